The highest BCUT2D eigenvalue weighted by Crippen LogP contribution is 2.43. The number of halogens is 1. The van der Waals surface area contributed by atoms with E-state index in [9.17, 15) is 9.18 Å². The van der Waals surface area contributed by atoms with Crippen LogP contribution in [-0.2, 0) is 4.74 Å². The van der Waals surface area contributed by atoms with E-state index in [0.29, 0.717) is 13.1 Å². The van der Waals surface area contributed by atoms with E-state index in [4.69, 9.17) is 4.74 Å². The number of rotatable bonds is 1. The first-order valence-electron chi connectivity index (χ1n) is 7.61. The topological polar surface area (TPSA) is 41.6 Å². The van der Waals surface area contributed by atoms with Crippen LogP contribution >= 0.6 is 0 Å². The summed E-state index contributed by atoms with van der Waals surface area (Å²) in [5.74, 6) is 0.0945. The summed E-state index contributed by atoms with van der Waals surface area (Å²) in [7, 11) is 0. The Morgan fingerprint density at radius 2 is 2.00 bits per heavy atom. The summed E-state index contributed by atoms with van der Waals surface area (Å²) in [6.07, 6.45) is 2.56. The molecule has 0 saturated carbocycles. The number of hydrogen-bond acceptors (Lipinski definition) is 3. The molecule has 4 nitrogen and oxygen atoms in total. The highest BCUT2D eigenvalue weighted by molar-refractivity contribution is 5.68. The molecule has 1 spiro atoms. The Morgan fingerprint density at radius 1 is 1.35 bits per heavy atom. The molecule has 0 radical (unpaired) electrons. The normalized spacial score (nSPS) is 26.6. The molecule has 0 aromatic rings. The van der Waals surface area contributed by atoms with Crippen molar-refractivity contribution in [2.24, 2.45) is 11.3 Å². The Hall–Kier alpha value is -0.840. The minimum Gasteiger partial charge on any atom is -0.444 e. The molecule has 1 N–H and O–H groups in total. The van der Waals surface area contributed by atoms with Gasteiger partial charge in [0.25, 0.3) is 0 Å². The van der Waals surface area contributed by atoms with Gasteiger partial charge in [-0.3, -0.25) is 4.39 Å². The number of likely N-dealkylation sites (tertiary alicyclic amines) is 1. The lowest BCUT2D eigenvalue weighted by atomic mass is 9.65. The molecule has 2 saturated heterocycles. The maximum absolute atomic E-state index is 13.2. The largest absolute Gasteiger partial charge is 0.444 e. The average molecular weight is 286 g/mol. The van der Waals surface area contributed by atoms with E-state index >= 15 is 0 Å². The molecule has 1 unspecified atom stereocenters. The Bertz CT molecular complexity index is 346. The lowest BCUT2D eigenvalue weighted by Crippen LogP contribution is -2.53. The predicted octanol–water partition coefficient (Wildman–Crippen LogP) is 2.58. The number of piperidine rings is 2. The van der Waals surface area contributed by atoms with Gasteiger partial charge in [-0.1, -0.05) is 0 Å². The summed E-state index contributed by atoms with van der Waals surface area (Å²) in [6, 6.07) is 0. The van der Waals surface area contributed by atoms with Crippen molar-refractivity contribution < 1.29 is 13.9 Å². The summed E-state index contributed by atoms with van der Waals surface area (Å²) < 4.78 is 18.6. The number of amides is 1. The maximum atomic E-state index is 13.2. The zero-order valence-corrected chi connectivity index (χ0v) is 12.9. The van der Waals surface area contributed by atoms with Crippen LogP contribution in [0.25, 0.3) is 0 Å². The Labute approximate surface area is 121 Å². The summed E-state index contributed by atoms with van der Waals surface area (Å²) in [5, 5.41) is 3.28. The number of nitrogens with zero attached hydrogens (tertiary/aromatic N) is 1. The quantitative estimate of drug-likeness (QED) is 0.805. The lowest BCUT2D eigenvalue weighted by molar-refractivity contribution is -0.0131. The van der Waals surface area contributed by atoms with Gasteiger partial charge in [-0.05, 0) is 52.0 Å². The summed E-state index contributed by atoms with van der Waals surface area (Å²) in [5.41, 5.74) is -0.374. The van der Waals surface area contributed by atoms with Gasteiger partial charge < -0.3 is 15.0 Å². The van der Waals surface area contributed by atoms with Gasteiger partial charge in [0.1, 0.15) is 5.60 Å². The van der Waals surface area contributed by atoms with Crippen molar-refractivity contribution in [3.05, 3.63) is 0 Å². The van der Waals surface area contributed by atoms with Gasteiger partial charge in [0.2, 0.25) is 0 Å². The van der Waals surface area contributed by atoms with Gasteiger partial charge in [-0.15, -0.1) is 0 Å². The number of carbonyl (C=O) groups is 1. The van der Waals surface area contributed by atoms with Crippen LogP contribution < -0.4 is 5.32 Å². The van der Waals surface area contributed by atoms with Crippen molar-refractivity contribution in [3.8, 4) is 0 Å². The smallest absolute Gasteiger partial charge is 0.410 e. The monoisotopic (exact) mass is 286 g/mol. The number of hydrogen-bond donors (Lipinski definition) is 1. The molecule has 1 amide bonds. The Kier molecular flexibility index (Phi) is 4.57. The molecule has 2 aliphatic heterocycles. The molecule has 2 rings (SSSR count). The van der Waals surface area contributed by atoms with Crippen LogP contribution in [0.1, 0.15) is 40.0 Å². The minimum atomic E-state index is -0.456. The van der Waals surface area contributed by atoms with Gasteiger partial charge in [0, 0.05) is 25.6 Å². The molecule has 0 aromatic heterocycles. The van der Waals surface area contributed by atoms with Gasteiger partial charge in [0.15, 0.2) is 0 Å². The molecular weight excluding hydrogens is 259 g/mol. The van der Waals surface area contributed by atoms with Crippen LogP contribution in [0.4, 0.5) is 9.18 Å². The summed E-state index contributed by atoms with van der Waals surface area (Å²) in [6.45, 7) is 8.47. The molecule has 2 fully saturated rings. The standard InChI is InChI=1S/C15H27FN2O2/c1-14(2,3)20-13(19)18-8-5-15(6-9-18)4-7-17-11-12(15)10-16/h12,17H,4-11H2,1-3H3. The summed E-state index contributed by atoms with van der Waals surface area (Å²) in [4.78, 5) is 13.8. The van der Waals surface area contributed by atoms with Crippen molar-refractivity contribution >= 4 is 6.09 Å². The molecule has 0 aromatic carbocycles. The number of nitrogens with one attached hydrogen (secondary N) is 1. The first-order chi connectivity index (χ1) is 9.36. The maximum Gasteiger partial charge on any atom is 0.410 e. The van der Waals surface area contributed by atoms with Crippen molar-refractivity contribution in [3.63, 3.8) is 0 Å². The Morgan fingerprint density at radius 3 is 2.55 bits per heavy atom. The fourth-order valence-corrected chi connectivity index (χ4v) is 3.37. The molecule has 1 atom stereocenters. The van der Waals surface area contributed by atoms with E-state index in [-0.39, 0.29) is 24.1 Å². The second kappa shape index (κ2) is 5.88. The molecule has 116 valence electrons. The van der Waals surface area contributed by atoms with Gasteiger partial charge in [-0.2, -0.15) is 0 Å². The number of ether oxygens (including phenoxy) is 1. The summed E-state index contributed by atoms with van der Waals surface area (Å²) >= 11 is 0. The molecule has 0 bridgehead atoms. The van der Waals surface area contributed by atoms with Crippen LogP contribution in [0, 0.1) is 11.3 Å². The van der Waals surface area contributed by atoms with Crippen LogP contribution in [0.2, 0.25) is 0 Å². The van der Waals surface area contributed by atoms with E-state index in [0.717, 1.165) is 32.4 Å². The molecule has 2 aliphatic rings. The van der Waals surface area contributed by atoms with Gasteiger partial charge >= 0.3 is 6.09 Å². The van der Waals surface area contributed by atoms with Crippen molar-refractivity contribution in [2.45, 2.75) is 45.6 Å². The van der Waals surface area contributed by atoms with Crippen molar-refractivity contribution in [1.82, 2.24) is 10.2 Å². The van der Waals surface area contributed by atoms with E-state index < -0.39 is 5.60 Å². The second-order valence-electron chi connectivity index (χ2n) is 7.14. The van der Waals surface area contributed by atoms with Crippen LogP contribution in [-0.4, -0.2) is 49.4 Å². The fourth-order valence-electron chi connectivity index (χ4n) is 3.37. The van der Waals surface area contributed by atoms with E-state index in [1.54, 1.807) is 4.90 Å². The third kappa shape index (κ3) is 3.43. The lowest BCUT2D eigenvalue weighted by Gasteiger charge is -2.48. The zero-order chi connectivity index (χ0) is 14.8. The SMILES string of the molecule is CC(C)(C)OC(=O)N1CCC2(CCNCC2CF)CC1. The van der Waals surface area contributed by atoms with Gasteiger partial charge in [0.05, 0.1) is 6.67 Å². The molecule has 0 aliphatic carbocycles. The van der Waals surface area contributed by atoms with Crippen LogP contribution in [0.3, 0.4) is 0 Å². The fraction of sp³-hybridized carbons (Fsp3) is 0.933. The molecule has 20 heavy (non-hydrogen) atoms. The highest BCUT2D eigenvalue weighted by atomic mass is 19.1. The van der Waals surface area contributed by atoms with E-state index in [1.807, 2.05) is 20.8 Å². The number of carbonyl (C=O) groups excluding carboxylic acids is 1. The first-order valence-corrected chi connectivity index (χ1v) is 7.61. The van der Waals surface area contributed by atoms with Gasteiger partial charge in [-0.25, -0.2) is 4.79 Å². The predicted molar refractivity (Wildman–Crippen MR) is 76.4 cm³/mol. The Balaban J connectivity index is 1.92. The van der Waals surface area contributed by atoms with E-state index in [1.165, 1.54) is 0 Å². The third-order valence-electron chi connectivity index (χ3n) is 4.65. The van der Waals surface area contributed by atoms with Crippen molar-refractivity contribution in [2.75, 3.05) is 32.9 Å². The average Bonchev–Trinajstić information content (AvgIpc) is 2.38. The van der Waals surface area contributed by atoms with Crippen molar-refractivity contribution in [1.29, 1.82) is 0 Å². The van der Waals surface area contributed by atoms with Crippen LogP contribution in [0.15, 0.2) is 0 Å². The zero-order valence-electron chi connectivity index (χ0n) is 12.9. The van der Waals surface area contributed by atoms with E-state index in [2.05, 4.69) is 5.32 Å². The third-order valence-corrected chi connectivity index (χ3v) is 4.65. The first kappa shape index (κ1) is 15.5. The molecule has 5 heteroatoms. The number of alkyl halides is 1. The minimum absolute atomic E-state index is 0.0819. The highest BCUT2D eigenvalue weighted by Gasteiger charge is 2.44. The van der Waals surface area contributed by atoms with Crippen LogP contribution in [0.5, 0.6) is 0 Å². The molecule has 2 heterocycles. The molecular formula is C15H27FN2O2. The second-order valence-corrected chi connectivity index (χ2v) is 7.14.